The molecule has 0 aliphatic carbocycles. The second-order valence-corrected chi connectivity index (χ2v) is 5.31. The van der Waals surface area contributed by atoms with Crippen LogP contribution in [-0.4, -0.2) is 15.0 Å². The average molecular weight is 303 g/mol. The van der Waals surface area contributed by atoms with Crippen molar-refractivity contribution in [2.24, 2.45) is 0 Å². The van der Waals surface area contributed by atoms with Crippen LogP contribution in [0.15, 0.2) is 48.1 Å². The average Bonchev–Trinajstić information content (AvgIpc) is 2.96. The van der Waals surface area contributed by atoms with E-state index in [1.165, 1.54) is 0 Å². The first-order valence-corrected chi connectivity index (χ1v) is 7.29. The summed E-state index contributed by atoms with van der Waals surface area (Å²) in [5, 5.41) is 6.70. The SMILES string of the molecule is Clc1cccnc1NCc1csc(-c2ccccn2)n1. The highest BCUT2D eigenvalue weighted by Gasteiger charge is 2.06. The van der Waals surface area contributed by atoms with E-state index in [0.29, 0.717) is 17.4 Å². The molecule has 0 aliphatic rings. The van der Waals surface area contributed by atoms with Crippen molar-refractivity contribution in [2.45, 2.75) is 6.54 Å². The molecule has 0 aromatic carbocycles. The Balaban J connectivity index is 1.71. The third-order valence-electron chi connectivity index (χ3n) is 2.63. The minimum atomic E-state index is 0.583. The number of rotatable bonds is 4. The summed E-state index contributed by atoms with van der Waals surface area (Å²) in [6.45, 7) is 0.583. The summed E-state index contributed by atoms with van der Waals surface area (Å²) in [4.78, 5) is 13.0. The Morgan fingerprint density at radius 2 is 2.00 bits per heavy atom. The summed E-state index contributed by atoms with van der Waals surface area (Å²) in [7, 11) is 0. The molecule has 0 radical (unpaired) electrons. The molecule has 0 saturated carbocycles. The van der Waals surface area contributed by atoms with Gasteiger partial charge in [0, 0.05) is 17.8 Å². The zero-order valence-electron chi connectivity index (χ0n) is 10.5. The van der Waals surface area contributed by atoms with Crippen molar-refractivity contribution in [2.75, 3.05) is 5.32 Å². The van der Waals surface area contributed by atoms with Crippen LogP contribution in [0.5, 0.6) is 0 Å². The zero-order valence-corrected chi connectivity index (χ0v) is 12.0. The Labute approximate surface area is 125 Å². The van der Waals surface area contributed by atoms with Gasteiger partial charge in [-0.2, -0.15) is 0 Å². The molecule has 6 heteroatoms. The molecule has 4 nitrogen and oxygen atoms in total. The predicted molar refractivity (Wildman–Crippen MR) is 81.9 cm³/mol. The van der Waals surface area contributed by atoms with Crippen LogP contribution in [0.4, 0.5) is 5.82 Å². The molecule has 0 spiro atoms. The second-order valence-electron chi connectivity index (χ2n) is 4.05. The van der Waals surface area contributed by atoms with E-state index < -0.39 is 0 Å². The fraction of sp³-hybridized carbons (Fsp3) is 0.0714. The number of anilines is 1. The van der Waals surface area contributed by atoms with Crippen LogP contribution >= 0.6 is 22.9 Å². The number of nitrogens with one attached hydrogen (secondary N) is 1. The number of pyridine rings is 2. The lowest BCUT2D eigenvalue weighted by Crippen LogP contribution is -2.02. The van der Waals surface area contributed by atoms with Gasteiger partial charge in [-0.25, -0.2) is 9.97 Å². The Hall–Kier alpha value is -1.98. The molecule has 0 atom stereocenters. The summed E-state index contributed by atoms with van der Waals surface area (Å²) in [6, 6.07) is 9.40. The van der Waals surface area contributed by atoms with Crippen LogP contribution in [0.25, 0.3) is 10.7 Å². The Bertz CT molecular complexity index is 699. The van der Waals surface area contributed by atoms with Crippen molar-refractivity contribution in [1.29, 1.82) is 0 Å². The first-order valence-electron chi connectivity index (χ1n) is 6.03. The molecule has 0 aliphatic heterocycles. The molecule has 0 bridgehead atoms. The van der Waals surface area contributed by atoms with Crippen LogP contribution in [-0.2, 0) is 6.54 Å². The predicted octanol–water partition coefficient (Wildman–Crippen LogP) is 3.87. The van der Waals surface area contributed by atoms with Gasteiger partial charge in [0.2, 0.25) is 0 Å². The normalized spacial score (nSPS) is 10.4. The highest BCUT2D eigenvalue weighted by atomic mass is 35.5. The van der Waals surface area contributed by atoms with Crippen LogP contribution < -0.4 is 5.32 Å². The fourth-order valence-corrected chi connectivity index (χ4v) is 2.67. The number of nitrogens with zero attached hydrogens (tertiary/aromatic N) is 3. The molecular formula is C14H11ClN4S. The molecule has 0 saturated heterocycles. The highest BCUT2D eigenvalue weighted by Crippen LogP contribution is 2.23. The van der Waals surface area contributed by atoms with Crippen molar-refractivity contribution in [3.8, 4) is 10.7 Å². The summed E-state index contributed by atoms with van der Waals surface area (Å²) < 4.78 is 0. The van der Waals surface area contributed by atoms with Gasteiger partial charge in [-0.15, -0.1) is 11.3 Å². The van der Waals surface area contributed by atoms with Crippen molar-refractivity contribution < 1.29 is 0 Å². The van der Waals surface area contributed by atoms with E-state index in [9.17, 15) is 0 Å². The van der Waals surface area contributed by atoms with Crippen LogP contribution in [0.1, 0.15) is 5.69 Å². The molecule has 1 N–H and O–H groups in total. The summed E-state index contributed by atoms with van der Waals surface area (Å²) in [6.07, 6.45) is 3.47. The largest absolute Gasteiger partial charge is 0.363 e. The Morgan fingerprint density at radius 1 is 1.10 bits per heavy atom. The van der Waals surface area contributed by atoms with Gasteiger partial charge in [0.25, 0.3) is 0 Å². The molecule has 0 unspecified atom stereocenters. The lowest BCUT2D eigenvalue weighted by molar-refractivity contribution is 1.05. The number of aromatic nitrogens is 3. The number of thiazole rings is 1. The van der Waals surface area contributed by atoms with E-state index in [-0.39, 0.29) is 0 Å². The smallest absolute Gasteiger partial charge is 0.145 e. The molecule has 3 heterocycles. The van der Waals surface area contributed by atoms with Gasteiger partial charge in [-0.3, -0.25) is 4.98 Å². The molecule has 3 rings (SSSR count). The van der Waals surface area contributed by atoms with Crippen molar-refractivity contribution in [3.63, 3.8) is 0 Å². The minimum absolute atomic E-state index is 0.583. The van der Waals surface area contributed by atoms with E-state index in [1.807, 2.05) is 23.6 Å². The molecule has 100 valence electrons. The second kappa shape index (κ2) is 5.98. The van der Waals surface area contributed by atoms with E-state index in [1.54, 1.807) is 35.9 Å². The lowest BCUT2D eigenvalue weighted by Gasteiger charge is -2.04. The molecule has 0 fully saturated rings. The van der Waals surface area contributed by atoms with E-state index >= 15 is 0 Å². The molecule has 3 aromatic heterocycles. The number of hydrogen-bond donors (Lipinski definition) is 1. The lowest BCUT2D eigenvalue weighted by atomic mass is 10.3. The maximum Gasteiger partial charge on any atom is 0.145 e. The molecular weight excluding hydrogens is 292 g/mol. The van der Waals surface area contributed by atoms with Crippen molar-refractivity contribution >= 4 is 28.8 Å². The highest BCUT2D eigenvalue weighted by molar-refractivity contribution is 7.13. The van der Waals surface area contributed by atoms with Crippen LogP contribution in [0, 0.1) is 0 Å². The van der Waals surface area contributed by atoms with Gasteiger partial charge in [0.1, 0.15) is 10.8 Å². The number of hydrogen-bond acceptors (Lipinski definition) is 5. The van der Waals surface area contributed by atoms with Gasteiger partial charge < -0.3 is 5.32 Å². The topological polar surface area (TPSA) is 50.7 Å². The maximum absolute atomic E-state index is 6.04. The standard InChI is InChI=1S/C14H11ClN4S/c15-11-4-3-7-17-13(11)18-8-10-9-20-14(19-10)12-5-1-2-6-16-12/h1-7,9H,8H2,(H,17,18). The Morgan fingerprint density at radius 3 is 2.80 bits per heavy atom. The fourth-order valence-electron chi connectivity index (χ4n) is 1.69. The van der Waals surface area contributed by atoms with Crippen LogP contribution in [0.2, 0.25) is 5.02 Å². The van der Waals surface area contributed by atoms with E-state index in [4.69, 9.17) is 11.6 Å². The summed E-state index contributed by atoms with van der Waals surface area (Å²) in [5.41, 5.74) is 1.83. The summed E-state index contributed by atoms with van der Waals surface area (Å²) >= 11 is 7.61. The maximum atomic E-state index is 6.04. The van der Waals surface area contributed by atoms with E-state index in [2.05, 4.69) is 20.3 Å². The molecule has 3 aromatic rings. The monoisotopic (exact) mass is 302 g/mol. The third-order valence-corrected chi connectivity index (χ3v) is 3.85. The number of halogens is 1. The van der Waals surface area contributed by atoms with Crippen LogP contribution in [0.3, 0.4) is 0 Å². The van der Waals surface area contributed by atoms with Gasteiger partial charge in [0.15, 0.2) is 0 Å². The quantitative estimate of drug-likeness (QED) is 0.795. The first kappa shape index (κ1) is 13.0. The Kier molecular flexibility index (Phi) is 3.90. The van der Waals surface area contributed by atoms with Crippen molar-refractivity contribution in [3.05, 3.63) is 58.8 Å². The zero-order chi connectivity index (χ0) is 13.8. The minimum Gasteiger partial charge on any atom is -0.363 e. The van der Waals surface area contributed by atoms with E-state index in [0.717, 1.165) is 16.4 Å². The summed E-state index contributed by atoms with van der Waals surface area (Å²) in [5.74, 6) is 0.668. The van der Waals surface area contributed by atoms with Gasteiger partial charge in [-0.05, 0) is 24.3 Å². The molecule has 20 heavy (non-hydrogen) atoms. The molecule has 0 amide bonds. The first-order chi connectivity index (χ1) is 9.83. The van der Waals surface area contributed by atoms with Gasteiger partial charge in [0.05, 0.1) is 23.0 Å². The van der Waals surface area contributed by atoms with Gasteiger partial charge in [-0.1, -0.05) is 17.7 Å². The third kappa shape index (κ3) is 2.95. The van der Waals surface area contributed by atoms with Crippen molar-refractivity contribution in [1.82, 2.24) is 15.0 Å². The van der Waals surface area contributed by atoms with Gasteiger partial charge >= 0.3 is 0 Å².